The van der Waals surface area contributed by atoms with Gasteiger partial charge in [0.15, 0.2) is 0 Å². The van der Waals surface area contributed by atoms with Gasteiger partial charge in [-0.3, -0.25) is 0 Å². The molecule has 0 bridgehead atoms. The van der Waals surface area contributed by atoms with Gasteiger partial charge in [-0.1, -0.05) is 0 Å². The van der Waals surface area contributed by atoms with Crippen molar-refractivity contribution < 1.29 is 110 Å². The van der Waals surface area contributed by atoms with Crippen LogP contribution in [0, 0.1) is 29.7 Å². The van der Waals surface area contributed by atoms with E-state index in [2.05, 4.69) is 0 Å². The van der Waals surface area contributed by atoms with Crippen LogP contribution in [-0.2, 0) is 91.0 Å². The Morgan fingerprint density at radius 2 is 1.10 bits per heavy atom. The predicted molar refractivity (Wildman–Crippen MR) is 111 cm³/mol. The molecule has 2 rings (SSSR count). The molecule has 0 aliphatic carbocycles. The van der Waals surface area contributed by atoms with Gasteiger partial charge in [0.25, 0.3) is 0 Å². The third-order valence-electron chi connectivity index (χ3n) is 2.79. The third-order valence-corrected chi connectivity index (χ3v) is 15.6. The van der Waals surface area contributed by atoms with Crippen LogP contribution >= 0.6 is 0 Å². The maximum atomic E-state index is 10.4. The van der Waals surface area contributed by atoms with Crippen LogP contribution in [0.2, 0.25) is 19.6 Å². The molecule has 2 heterocycles. The van der Waals surface area contributed by atoms with Gasteiger partial charge in [-0.05, 0) is 6.92 Å². The van der Waals surface area contributed by atoms with Crippen molar-refractivity contribution in [1.82, 2.24) is 0 Å². The molecule has 2 aliphatic heterocycles. The van der Waals surface area contributed by atoms with Crippen LogP contribution in [-0.4, -0.2) is 83.9 Å². The van der Waals surface area contributed by atoms with Crippen LogP contribution in [0.1, 0.15) is 6.92 Å². The van der Waals surface area contributed by atoms with Crippen LogP contribution in [0.3, 0.4) is 0 Å². The molecule has 31 heavy (non-hydrogen) atoms. The summed E-state index contributed by atoms with van der Waals surface area (Å²) in [5.41, 5.74) is 0. The first-order valence-corrected chi connectivity index (χ1v) is 17.2. The maximum absolute atomic E-state index is 10.4. The molecule has 0 saturated carbocycles. The Kier molecular flexibility index (Phi) is 21.6. The second-order valence-electron chi connectivity index (χ2n) is 5.54. The first kappa shape index (κ1) is 43.4. The van der Waals surface area contributed by atoms with Crippen molar-refractivity contribution in [2.45, 2.75) is 32.9 Å². The molecule has 0 amide bonds. The Balaban J connectivity index is -0.000000376. The number of hydrogen-bond donors (Lipinski definition) is 4. The Hall–Kier alpha value is 2.33. The zero-order valence-electron chi connectivity index (χ0n) is 19.2. The second kappa shape index (κ2) is 15.4. The summed E-state index contributed by atoms with van der Waals surface area (Å²) in [6, 6.07) is 0. The van der Waals surface area contributed by atoms with Gasteiger partial charge in [-0.2, -0.15) is 0 Å². The molecule has 2 aliphatic rings. The maximum Gasteiger partial charge on any atom is 2.00 e. The molecule has 0 aromatic heterocycles. The minimum atomic E-state index is -4.71. The summed E-state index contributed by atoms with van der Waals surface area (Å²) in [6.07, 6.45) is -1.05. The van der Waals surface area contributed by atoms with E-state index in [1.807, 2.05) is 0 Å². The standard InChI is InChI=1S/C7H22O13Si5.4CH3.2Zr/c1-7-15-22(4,9)18-25(19-23(5,10)16-7)17-21(3,8)13-6-14-24(11,12-2)20-25;;;;;;/h7-11H,6H2,1-5H3;4*1H3;;/q;4*-1;2*+2. The fourth-order valence-electron chi connectivity index (χ4n) is 2.04. The molecule has 2 fully saturated rings. The Bertz CT molecular complexity index is 486. The van der Waals surface area contributed by atoms with E-state index in [0.717, 1.165) is 7.11 Å². The van der Waals surface area contributed by atoms with E-state index >= 15 is 0 Å². The summed E-state index contributed by atoms with van der Waals surface area (Å²) in [5.74, 6) is 0. The fraction of sp³-hybridized carbons (Fsp3) is 0.636. The Labute approximate surface area is 229 Å². The molecule has 184 valence electrons. The van der Waals surface area contributed by atoms with Crippen LogP contribution in [0.15, 0.2) is 0 Å². The summed E-state index contributed by atoms with van der Waals surface area (Å²) in [7, 11) is -20.0. The van der Waals surface area contributed by atoms with Gasteiger partial charge in [0.05, 0.1) is 0 Å². The topological polar surface area (TPSA) is 164 Å². The molecule has 4 N–H and O–H groups in total. The molecule has 1 spiro atoms. The van der Waals surface area contributed by atoms with E-state index in [1.54, 1.807) is 0 Å². The van der Waals surface area contributed by atoms with E-state index in [0.29, 0.717) is 0 Å². The van der Waals surface area contributed by atoms with Crippen molar-refractivity contribution in [1.29, 1.82) is 0 Å². The SMILES string of the molecule is CO[Si]1(O)OCO[Si](C)(O)O[Si]2(O[Si](C)(O)OC(C)O[Si](C)(O)O2)O1.[CH3-].[CH3-].[CH3-].[CH3-].[Zr+2].[Zr+2]. The van der Waals surface area contributed by atoms with Gasteiger partial charge in [0, 0.05) is 26.8 Å². The van der Waals surface area contributed by atoms with Gasteiger partial charge in [0.2, 0.25) is 0 Å². The summed E-state index contributed by atoms with van der Waals surface area (Å²) in [6.45, 7) is 4.47. The van der Waals surface area contributed by atoms with E-state index in [1.165, 1.54) is 26.6 Å². The van der Waals surface area contributed by atoms with Crippen molar-refractivity contribution in [2.24, 2.45) is 0 Å². The second-order valence-corrected chi connectivity index (χ2v) is 17.7. The molecule has 13 nitrogen and oxygen atoms in total. The van der Waals surface area contributed by atoms with Crippen molar-refractivity contribution in [3.8, 4) is 0 Å². The molecule has 4 atom stereocenters. The summed E-state index contributed by atoms with van der Waals surface area (Å²) >= 11 is 0. The molecule has 0 radical (unpaired) electrons. The van der Waals surface area contributed by atoms with E-state index in [-0.39, 0.29) is 82.1 Å². The summed E-state index contributed by atoms with van der Waals surface area (Å²) in [4.78, 5) is 41.4. The smallest absolute Gasteiger partial charge is 0.390 e. The molecule has 0 aromatic rings. The van der Waals surface area contributed by atoms with E-state index in [9.17, 15) is 19.2 Å². The van der Waals surface area contributed by atoms with Gasteiger partial charge in [-0.25, -0.2) is 0 Å². The monoisotopic (exact) mass is 694 g/mol. The zero-order chi connectivity index (χ0) is 19.1. The van der Waals surface area contributed by atoms with Crippen molar-refractivity contribution in [3.05, 3.63) is 29.7 Å². The van der Waals surface area contributed by atoms with Crippen LogP contribution in [0.5, 0.6) is 0 Å². The third kappa shape index (κ3) is 13.3. The number of rotatable bonds is 1. The molecule has 4 unspecified atom stereocenters. The minimum Gasteiger partial charge on any atom is -0.390 e. The van der Waals surface area contributed by atoms with Crippen molar-refractivity contribution in [3.63, 3.8) is 0 Å². The quantitative estimate of drug-likeness (QED) is 0.204. The van der Waals surface area contributed by atoms with Gasteiger partial charge in [-0.15, -0.1) is 0 Å². The van der Waals surface area contributed by atoms with Gasteiger partial charge in [0.1, 0.15) is 13.1 Å². The minimum absolute atomic E-state index is 0. The van der Waals surface area contributed by atoms with Gasteiger partial charge < -0.3 is 87.5 Å². The fourth-order valence-corrected chi connectivity index (χ4v) is 15.5. The summed E-state index contributed by atoms with van der Waals surface area (Å²) < 4.78 is 47.0. The molecule has 0 aromatic carbocycles. The Morgan fingerprint density at radius 3 is 1.48 bits per heavy atom. The number of hydrogen-bond acceptors (Lipinski definition) is 13. The largest absolute Gasteiger partial charge is 2.00 e. The zero-order valence-corrected chi connectivity index (χ0v) is 29.2. The van der Waals surface area contributed by atoms with Crippen LogP contribution < -0.4 is 0 Å². The van der Waals surface area contributed by atoms with E-state index < -0.39 is 57.6 Å². The van der Waals surface area contributed by atoms with Crippen molar-refractivity contribution in [2.75, 3.05) is 13.9 Å². The average molecular weight is 697 g/mol. The predicted octanol–water partition coefficient (Wildman–Crippen LogP) is -0.561. The average Bonchev–Trinajstić information content (AvgIpc) is 2.31. The van der Waals surface area contributed by atoms with E-state index in [4.69, 9.17) is 38.6 Å². The van der Waals surface area contributed by atoms with Gasteiger partial charge >= 0.3 is 96.9 Å². The molecular formula is C11H34O13Si5Zr2. The van der Waals surface area contributed by atoms with Crippen LogP contribution in [0.25, 0.3) is 0 Å². The molecular weight excluding hydrogens is 663 g/mol. The Morgan fingerprint density at radius 1 is 0.710 bits per heavy atom. The van der Waals surface area contributed by atoms with Crippen LogP contribution in [0.4, 0.5) is 0 Å². The first-order valence-electron chi connectivity index (χ1n) is 7.08. The molecule has 2 saturated heterocycles. The normalized spacial score (nSPS) is 42.7. The van der Waals surface area contributed by atoms with Crippen molar-refractivity contribution >= 4 is 44.5 Å². The first-order chi connectivity index (χ1) is 11.2. The summed E-state index contributed by atoms with van der Waals surface area (Å²) in [5, 5.41) is 0. The molecule has 20 heteroatoms.